The largest absolute Gasteiger partial charge is 0.335 e. The van der Waals surface area contributed by atoms with Crippen LogP contribution in [-0.2, 0) is 4.79 Å². The Kier molecular flexibility index (Phi) is 6.24. The van der Waals surface area contributed by atoms with Crippen LogP contribution in [0.2, 0.25) is 0 Å². The van der Waals surface area contributed by atoms with E-state index in [4.69, 9.17) is 4.98 Å². The Hall–Kier alpha value is -2.24. The monoisotopic (exact) mass is 381 g/mol. The number of thiazole rings is 1. The second-order valence-corrected chi connectivity index (χ2v) is 8.28. The minimum absolute atomic E-state index is 0.0501. The highest BCUT2D eigenvalue weighted by Gasteiger charge is 2.22. The van der Waals surface area contributed by atoms with Crippen molar-refractivity contribution >= 4 is 27.5 Å². The number of carbonyl (C=O) groups excluding carboxylic acids is 1. The zero-order valence-corrected chi connectivity index (χ0v) is 17.2. The van der Waals surface area contributed by atoms with Gasteiger partial charge in [-0.15, -0.1) is 11.3 Å². The number of carbonyl (C=O) groups is 1. The Morgan fingerprint density at radius 2 is 1.74 bits per heavy atom. The van der Waals surface area contributed by atoms with Gasteiger partial charge in [-0.25, -0.2) is 4.98 Å². The number of rotatable bonds is 7. The number of amides is 1. The van der Waals surface area contributed by atoms with Gasteiger partial charge in [-0.3, -0.25) is 4.79 Å². The molecule has 1 aromatic heterocycles. The topological polar surface area (TPSA) is 45.2 Å². The third-order valence-electron chi connectivity index (χ3n) is 4.94. The number of nitrogens with zero attached hydrogens (tertiary/aromatic N) is 2. The van der Waals surface area contributed by atoms with Crippen LogP contribution in [-0.4, -0.2) is 29.4 Å². The molecule has 2 atom stereocenters. The summed E-state index contributed by atoms with van der Waals surface area (Å²) in [6.07, 6.45) is 0. The van der Waals surface area contributed by atoms with Gasteiger partial charge in [0.1, 0.15) is 5.01 Å². The van der Waals surface area contributed by atoms with Crippen LogP contribution >= 0.6 is 11.3 Å². The second-order valence-electron chi connectivity index (χ2n) is 7.21. The summed E-state index contributed by atoms with van der Waals surface area (Å²) in [4.78, 5) is 19.2. The molecule has 1 amide bonds. The molecule has 0 aliphatic rings. The number of fused-ring (bicyclic) bond motifs is 1. The maximum absolute atomic E-state index is 12.8. The summed E-state index contributed by atoms with van der Waals surface area (Å²) in [6, 6.07) is 18.5. The second kappa shape index (κ2) is 8.63. The Bertz CT molecular complexity index is 858. The van der Waals surface area contributed by atoms with Crippen LogP contribution in [0.4, 0.5) is 0 Å². The highest BCUT2D eigenvalue weighted by atomic mass is 32.1. The minimum atomic E-state index is -0.0501. The highest BCUT2D eigenvalue weighted by Crippen LogP contribution is 2.29. The Balaban J connectivity index is 1.65. The molecule has 0 bridgehead atoms. The number of likely N-dealkylation sites (N-methyl/N-ethyl adjacent to an activating group) is 1. The van der Waals surface area contributed by atoms with Gasteiger partial charge in [0.15, 0.2) is 0 Å². The molecule has 27 heavy (non-hydrogen) atoms. The molecule has 0 saturated heterocycles. The lowest BCUT2D eigenvalue weighted by molar-refractivity contribution is -0.131. The molecule has 4 nitrogen and oxygen atoms in total. The van der Waals surface area contributed by atoms with Gasteiger partial charge >= 0.3 is 0 Å². The van der Waals surface area contributed by atoms with E-state index in [2.05, 4.69) is 37.4 Å². The number of nitrogens with one attached hydrogen (secondary N) is 1. The molecule has 0 saturated carbocycles. The van der Waals surface area contributed by atoms with E-state index in [9.17, 15) is 4.79 Å². The fourth-order valence-corrected chi connectivity index (χ4v) is 4.23. The first-order valence-corrected chi connectivity index (χ1v) is 10.2. The maximum Gasteiger partial charge on any atom is 0.236 e. The number of para-hydroxylation sites is 1. The average molecular weight is 382 g/mol. The molecule has 2 aromatic carbocycles. The molecule has 0 fully saturated rings. The zero-order valence-electron chi connectivity index (χ0n) is 16.3. The first kappa shape index (κ1) is 19.5. The van der Waals surface area contributed by atoms with E-state index in [1.165, 1.54) is 5.56 Å². The maximum atomic E-state index is 12.8. The van der Waals surface area contributed by atoms with Crippen LogP contribution in [0, 0.1) is 5.92 Å². The minimum Gasteiger partial charge on any atom is -0.335 e. The summed E-state index contributed by atoms with van der Waals surface area (Å²) in [5.74, 6) is 0.468. The molecular formula is C22H27N3OS. The lowest BCUT2D eigenvalue weighted by Gasteiger charge is -2.27. The summed E-state index contributed by atoms with van der Waals surface area (Å²) >= 11 is 1.65. The molecular weight excluding hydrogens is 354 g/mol. The van der Waals surface area contributed by atoms with E-state index in [-0.39, 0.29) is 18.0 Å². The predicted molar refractivity (Wildman–Crippen MR) is 113 cm³/mol. The van der Waals surface area contributed by atoms with Crippen molar-refractivity contribution in [3.63, 3.8) is 0 Å². The first-order chi connectivity index (χ1) is 13.0. The van der Waals surface area contributed by atoms with Crippen molar-refractivity contribution in [2.75, 3.05) is 13.6 Å². The fourth-order valence-electron chi connectivity index (χ4n) is 3.17. The van der Waals surface area contributed by atoms with Gasteiger partial charge < -0.3 is 10.2 Å². The first-order valence-electron chi connectivity index (χ1n) is 9.37. The molecule has 0 unspecified atom stereocenters. The van der Waals surface area contributed by atoms with Crippen molar-refractivity contribution in [1.29, 1.82) is 0 Å². The summed E-state index contributed by atoms with van der Waals surface area (Å²) in [6.45, 7) is 6.68. The third-order valence-corrected chi connectivity index (χ3v) is 6.15. The van der Waals surface area contributed by atoms with E-state index in [1.807, 2.05) is 50.4 Å². The number of hydrogen-bond donors (Lipinski definition) is 1. The standard InChI is InChI=1S/C22H27N3OS/c1-15(2)21(17-10-6-5-7-11-17)23-14-20(26)25(4)16(3)22-24-18-12-8-9-13-19(18)27-22/h5-13,15-16,21,23H,14H2,1-4H3/t16-,21+/m0/s1. The molecule has 0 aliphatic heterocycles. The van der Waals surface area contributed by atoms with Crippen molar-refractivity contribution in [3.05, 3.63) is 65.2 Å². The van der Waals surface area contributed by atoms with Crippen molar-refractivity contribution in [2.45, 2.75) is 32.9 Å². The number of hydrogen-bond acceptors (Lipinski definition) is 4. The van der Waals surface area contributed by atoms with E-state index >= 15 is 0 Å². The molecule has 142 valence electrons. The molecule has 1 N–H and O–H groups in total. The van der Waals surface area contributed by atoms with E-state index in [0.29, 0.717) is 12.5 Å². The number of benzene rings is 2. The van der Waals surface area contributed by atoms with Gasteiger partial charge in [-0.05, 0) is 30.5 Å². The fraction of sp³-hybridized carbons (Fsp3) is 0.364. The molecule has 0 radical (unpaired) electrons. The Labute approximate surface area is 165 Å². The van der Waals surface area contributed by atoms with Crippen molar-refractivity contribution in [1.82, 2.24) is 15.2 Å². The van der Waals surface area contributed by atoms with E-state index < -0.39 is 0 Å². The van der Waals surface area contributed by atoms with Crippen LogP contribution < -0.4 is 5.32 Å². The van der Waals surface area contributed by atoms with Gasteiger partial charge in [0.2, 0.25) is 5.91 Å². The van der Waals surface area contributed by atoms with Crippen LogP contribution in [0.3, 0.4) is 0 Å². The van der Waals surface area contributed by atoms with Gasteiger partial charge in [0.25, 0.3) is 0 Å². The predicted octanol–water partition coefficient (Wildman–Crippen LogP) is 4.80. The molecule has 3 aromatic rings. The average Bonchev–Trinajstić information content (AvgIpc) is 3.11. The number of aromatic nitrogens is 1. The normalized spacial score (nSPS) is 13.7. The summed E-state index contributed by atoms with van der Waals surface area (Å²) < 4.78 is 1.15. The quantitative estimate of drug-likeness (QED) is 0.639. The SMILES string of the molecule is CC(C)[C@@H](NCC(=O)N(C)[C@@H](C)c1nc2ccccc2s1)c1ccccc1. The van der Waals surface area contributed by atoms with Gasteiger partial charge in [-0.2, -0.15) is 0 Å². The van der Waals surface area contributed by atoms with Gasteiger partial charge in [0.05, 0.1) is 22.8 Å². The van der Waals surface area contributed by atoms with Crippen LogP contribution in [0.15, 0.2) is 54.6 Å². The summed E-state index contributed by atoms with van der Waals surface area (Å²) in [7, 11) is 1.85. The Morgan fingerprint density at radius 3 is 2.41 bits per heavy atom. The molecule has 3 rings (SSSR count). The van der Waals surface area contributed by atoms with Crippen LogP contribution in [0.5, 0.6) is 0 Å². The van der Waals surface area contributed by atoms with Gasteiger partial charge in [-0.1, -0.05) is 56.3 Å². The lowest BCUT2D eigenvalue weighted by Crippen LogP contribution is -2.39. The van der Waals surface area contributed by atoms with Crippen molar-refractivity contribution in [2.24, 2.45) is 5.92 Å². The smallest absolute Gasteiger partial charge is 0.236 e. The molecule has 1 heterocycles. The van der Waals surface area contributed by atoms with Gasteiger partial charge in [0, 0.05) is 13.1 Å². The Morgan fingerprint density at radius 1 is 1.07 bits per heavy atom. The van der Waals surface area contributed by atoms with E-state index in [1.54, 1.807) is 16.2 Å². The zero-order chi connectivity index (χ0) is 19.4. The van der Waals surface area contributed by atoms with Crippen LogP contribution in [0.25, 0.3) is 10.2 Å². The molecule has 0 aliphatic carbocycles. The summed E-state index contributed by atoms with van der Waals surface area (Å²) in [5, 5.41) is 4.41. The third kappa shape index (κ3) is 4.54. The van der Waals surface area contributed by atoms with E-state index in [0.717, 1.165) is 15.2 Å². The molecule has 5 heteroatoms. The molecule has 0 spiro atoms. The highest BCUT2D eigenvalue weighted by molar-refractivity contribution is 7.18. The lowest BCUT2D eigenvalue weighted by atomic mass is 9.96. The van der Waals surface area contributed by atoms with Crippen molar-refractivity contribution < 1.29 is 4.79 Å². The van der Waals surface area contributed by atoms with Crippen LogP contribution in [0.1, 0.15) is 43.4 Å². The summed E-state index contributed by atoms with van der Waals surface area (Å²) in [5.41, 5.74) is 2.20. The van der Waals surface area contributed by atoms with Crippen molar-refractivity contribution in [3.8, 4) is 0 Å².